The highest BCUT2D eigenvalue weighted by atomic mass is 14.8. The molecule has 9 aromatic carbocycles. The third-order valence-corrected chi connectivity index (χ3v) is 15.0. The monoisotopic (exact) mass is 1100 g/mol. The fourth-order valence-electron chi connectivity index (χ4n) is 9.95. The Morgan fingerprint density at radius 3 is 1.31 bits per heavy atom. The number of aromatic nitrogens is 9. The number of fused-ring (bicyclic) bond motifs is 9. The number of benzene rings is 9. The second-order valence-corrected chi connectivity index (χ2v) is 21.9. The first-order valence-corrected chi connectivity index (χ1v) is 28.4. The van der Waals surface area contributed by atoms with Crippen molar-refractivity contribution >= 4 is 98.5 Å². The zero-order chi connectivity index (χ0) is 59.0. The summed E-state index contributed by atoms with van der Waals surface area (Å²) >= 11 is 0. The van der Waals surface area contributed by atoms with Gasteiger partial charge in [-0.3, -0.25) is 19.9 Å². The quantitative estimate of drug-likeness (QED) is 0.137. The van der Waals surface area contributed by atoms with Crippen LogP contribution in [0.2, 0.25) is 0 Å². The molecule has 0 aliphatic carbocycles. The molecule has 15 aromatic rings. The van der Waals surface area contributed by atoms with Crippen LogP contribution < -0.4 is 0 Å². The summed E-state index contributed by atoms with van der Waals surface area (Å²) in [5.41, 5.74) is 27.0. The van der Waals surface area contributed by atoms with Gasteiger partial charge in [0.1, 0.15) is 0 Å². The van der Waals surface area contributed by atoms with Crippen molar-refractivity contribution in [2.45, 2.75) is 83.1 Å². The fourth-order valence-corrected chi connectivity index (χ4v) is 9.95. The Kier molecular flexibility index (Phi) is 17.3. The lowest BCUT2D eigenvalue weighted by atomic mass is 10.0. The Morgan fingerprint density at radius 2 is 0.667 bits per heavy atom. The van der Waals surface area contributed by atoms with E-state index >= 15 is 0 Å². The van der Waals surface area contributed by atoms with Gasteiger partial charge in [-0.2, -0.15) is 0 Å². The Balaban J connectivity index is 0.000000113. The van der Waals surface area contributed by atoms with Crippen molar-refractivity contribution in [1.82, 2.24) is 44.9 Å². The molecule has 9 nitrogen and oxygen atoms in total. The van der Waals surface area contributed by atoms with E-state index in [1.807, 2.05) is 50.2 Å². The first-order chi connectivity index (χ1) is 40.5. The number of hydrogen-bond acceptors (Lipinski definition) is 9. The molecule has 0 saturated heterocycles. The maximum atomic E-state index is 4.74. The predicted molar refractivity (Wildman–Crippen MR) is 353 cm³/mol. The highest BCUT2D eigenvalue weighted by Crippen LogP contribution is 2.27. The molecule has 0 saturated carbocycles. The summed E-state index contributed by atoms with van der Waals surface area (Å²) in [6.45, 7) is 24.9. The Hall–Kier alpha value is -9.99. The van der Waals surface area contributed by atoms with E-state index in [0.29, 0.717) is 0 Å². The summed E-state index contributed by atoms with van der Waals surface area (Å²) in [5, 5.41) is 7.35. The number of rotatable bonds is 0. The molecular weight excluding hydrogens is 1030 g/mol. The van der Waals surface area contributed by atoms with Crippen molar-refractivity contribution in [3.8, 4) is 0 Å². The average Bonchev–Trinajstić information content (AvgIpc) is 3.36. The molecule has 0 bridgehead atoms. The van der Waals surface area contributed by atoms with Gasteiger partial charge in [-0.05, 0) is 225 Å². The molecule has 0 amide bonds. The van der Waals surface area contributed by atoms with Crippen LogP contribution in [0.5, 0.6) is 0 Å². The van der Waals surface area contributed by atoms with Crippen LogP contribution in [-0.2, 0) is 0 Å². The maximum absolute atomic E-state index is 4.74. The first-order valence-electron chi connectivity index (χ1n) is 28.4. The van der Waals surface area contributed by atoms with Crippen molar-refractivity contribution in [3.63, 3.8) is 0 Å². The van der Waals surface area contributed by atoms with Crippen molar-refractivity contribution in [3.05, 3.63) is 268 Å². The van der Waals surface area contributed by atoms with E-state index in [2.05, 4.69) is 249 Å². The van der Waals surface area contributed by atoms with E-state index in [9.17, 15) is 0 Å². The molecule has 0 spiro atoms. The van der Waals surface area contributed by atoms with Crippen molar-refractivity contribution in [1.29, 1.82) is 0 Å². The Bertz CT molecular complexity index is 4630. The molecule has 15 rings (SSSR count). The molecule has 6 heterocycles. The molecule has 0 aliphatic heterocycles. The number of pyridine rings is 3. The van der Waals surface area contributed by atoms with E-state index in [1.54, 1.807) is 24.8 Å². The van der Waals surface area contributed by atoms with E-state index < -0.39 is 0 Å². The predicted octanol–water partition coefficient (Wildman–Crippen LogP) is 18.8. The summed E-state index contributed by atoms with van der Waals surface area (Å²) in [7, 11) is 0. The van der Waals surface area contributed by atoms with Crippen LogP contribution in [0.25, 0.3) is 98.5 Å². The molecule has 0 N–H and O–H groups in total. The Labute approximate surface area is 491 Å². The zero-order valence-corrected chi connectivity index (χ0v) is 50.1. The molecule has 414 valence electrons. The van der Waals surface area contributed by atoms with Crippen molar-refractivity contribution in [2.24, 2.45) is 0 Å². The third kappa shape index (κ3) is 13.7. The normalized spacial score (nSPS) is 10.9. The summed E-state index contributed by atoms with van der Waals surface area (Å²) < 4.78 is 0. The van der Waals surface area contributed by atoms with Crippen LogP contribution in [0.1, 0.15) is 67.0 Å². The molecule has 0 fully saturated rings. The van der Waals surface area contributed by atoms with Crippen LogP contribution >= 0.6 is 0 Å². The lowest BCUT2D eigenvalue weighted by Gasteiger charge is -2.06. The zero-order valence-electron chi connectivity index (χ0n) is 50.1. The van der Waals surface area contributed by atoms with Crippen LogP contribution in [0.4, 0.5) is 0 Å². The highest BCUT2D eigenvalue weighted by molar-refractivity contribution is 5.96. The van der Waals surface area contributed by atoms with Crippen molar-refractivity contribution < 1.29 is 0 Å². The second-order valence-electron chi connectivity index (χ2n) is 21.9. The minimum absolute atomic E-state index is 0.964. The Morgan fingerprint density at radius 1 is 0.226 bits per heavy atom. The molecule has 0 radical (unpaired) electrons. The van der Waals surface area contributed by atoms with Gasteiger partial charge < -0.3 is 0 Å². The smallest absolute Gasteiger partial charge is 0.0919 e. The van der Waals surface area contributed by atoms with Gasteiger partial charge in [0, 0.05) is 57.1 Å². The van der Waals surface area contributed by atoms with Gasteiger partial charge in [-0.15, -0.1) is 0 Å². The van der Waals surface area contributed by atoms with E-state index in [-0.39, 0.29) is 0 Å². The number of para-hydroxylation sites is 3. The van der Waals surface area contributed by atoms with Gasteiger partial charge in [0.15, 0.2) is 0 Å². The summed E-state index contributed by atoms with van der Waals surface area (Å²) in [5.74, 6) is 0. The number of hydrogen-bond donors (Lipinski definition) is 0. The highest BCUT2D eigenvalue weighted by Gasteiger charge is 2.06. The summed E-state index contributed by atoms with van der Waals surface area (Å²) in [4.78, 5) is 39.8. The number of nitrogens with zero attached hydrogens (tertiary/aromatic N) is 9. The van der Waals surface area contributed by atoms with Gasteiger partial charge in [0.25, 0.3) is 0 Å². The molecule has 6 aromatic heterocycles. The first kappa shape index (κ1) is 57.3. The minimum Gasteiger partial charge on any atom is -0.253 e. The summed E-state index contributed by atoms with van der Waals surface area (Å²) in [6.07, 6.45) is 7.03. The van der Waals surface area contributed by atoms with Gasteiger partial charge in [-0.25, -0.2) is 24.9 Å². The van der Waals surface area contributed by atoms with Crippen molar-refractivity contribution in [2.75, 3.05) is 0 Å². The fraction of sp³-hybridized carbons (Fsp3) is 0.160. The molecule has 0 unspecified atom stereocenters. The summed E-state index contributed by atoms with van der Waals surface area (Å²) in [6, 6.07) is 60.9. The molecule has 0 aliphatic rings. The largest absolute Gasteiger partial charge is 0.253 e. The molecular formula is C75H69N9. The van der Waals surface area contributed by atoms with Crippen LogP contribution in [0.15, 0.2) is 201 Å². The molecule has 0 atom stereocenters. The third-order valence-electron chi connectivity index (χ3n) is 15.0. The van der Waals surface area contributed by atoms with Crippen LogP contribution in [-0.4, -0.2) is 44.9 Å². The molecule has 84 heavy (non-hydrogen) atoms. The van der Waals surface area contributed by atoms with Crippen LogP contribution in [0.3, 0.4) is 0 Å². The van der Waals surface area contributed by atoms with E-state index in [4.69, 9.17) is 4.98 Å². The minimum atomic E-state index is 0.964. The molecule has 9 heteroatoms. The average molecular weight is 1100 g/mol. The SMILES string of the molecule is Cc1cc2cc3ccccc3nc2cc1C.Cc1cc2nccnc2cc1C.Cc1ccc(C)c2nc3ccccc3cc12.Cc1ccc2nc(C)cnc2c1.Cc1ccc2nc3ccc(C)cc3cc2c1.Cc1cnc2cccc(C)c2n1. The van der Waals surface area contributed by atoms with Crippen LogP contribution in [0, 0.1) is 83.1 Å². The number of aryl methyl sites for hydroxylation is 12. The maximum Gasteiger partial charge on any atom is 0.0919 e. The second kappa shape index (κ2) is 25.4. The topological polar surface area (TPSA) is 116 Å². The van der Waals surface area contributed by atoms with Gasteiger partial charge in [0.05, 0.1) is 77.6 Å². The van der Waals surface area contributed by atoms with Gasteiger partial charge in [0.2, 0.25) is 0 Å². The lowest BCUT2D eigenvalue weighted by molar-refractivity contribution is 1.17. The van der Waals surface area contributed by atoms with E-state index in [1.165, 1.54) is 88.0 Å². The van der Waals surface area contributed by atoms with E-state index in [0.717, 1.165) is 77.6 Å². The van der Waals surface area contributed by atoms with Gasteiger partial charge >= 0.3 is 0 Å². The van der Waals surface area contributed by atoms with Gasteiger partial charge in [-0.1, -0.05) is 90.0 Å². The standard InChI is InChI=1S/3C15H13N.3C10H10N2/c1-10-3-5-14-12(7-10)9-13-8-11(2)4-6-15(13)16-14;1-10-7-13-9-12-5-3-4-6-14(12)16-15(13)8-11(10)2;1-10-7-8-11(2)15-13(10)9-12-5-3-4-6-14(12)16-15;1-7-5-9-10(6-8(7)2)12-4-3-11-9;1-7-3-4-9-10(5-7)11-6-8(2)12-9;1-7-4-3-5-9-10(7)12-8(2)6-11-9/h3*3-9H,1-2H3;3*3-6H,1-2H3. The lowest BCUT2D eigenvalue weighted by Crippen LogP contribution is -1.88.